The number of morpholine rings is 1. The molecule has 2 saturated heterocycles. The second-order valence-electron chi connectivity index (χ2n) is 10.6. The zero-order chi connectivity index (χ0) is 31.3. The first-order valence-electron chi connectivity index (χ1n) is 14.5. The number of hydrogen-bond acceptors (Lipinski definition) is 10. The van der Waals surface area contributed by atoms with E-state index in [0.717, 1.165) is 41.7 Å². The van der Waals surface area contributed by atoms with Crippen molar-refractivity contribution in [3.63, 3.8) is 0 Å². The van der Waals surface area contributed by atoms with Gasteiger partial charge in [0, 0.05) is 42.7 Å². The number of nitrogens with zero attached hydrogens (tertiary/aromatic N) is 4. The van der Waals surface area contributed by atoms with Gasteiger partial charge in [-0.1, -0.05) is 48.2 Å². The Balaban J connectivity index is 1.25. The fourth-order valence-electron chi connectivity index (χ4n) is 5.16. The van der Waals surface area contributed by atoms with Crippen molar-refractivity contribution in [2.24, 2.45) is 0 Å². The van der Waals surface area contributed by atoms with Crippen LogP contribution in [0.4, 0.5) is 5.82 Å². The maximum absolute atomic E-state index is 13.5. The van der Waals surface area contributed by atoms with Crippen LogP contribution in [0, 0.1) is 0 Å². The van der Waals surface area contributed by atoms with Crippen LogP contribution in [-0.4, -0.2) is 87.1 Å². The SMILES string of the molecule is Nc1nc(-c2ccc(OCCN3CCOCC3)c(C=C3SC(=S)N(CCc4ccc(C(=O)O)cc4)C3=O)c2)nc2ccccc12. The number of thioether (sulfide) groups is 1. The standard InChI is InChI=1S/C33H31N5O5S2/c34-29-25-3-1-2-4-26(25)35-30(36-29)23-9-10-27(43-18-15-37-13-16-42-17-14-37)24(19-23)20-28-31(39)38(33(44)45-28)12-11-21-5-7-22(8-6-21)32(40)41/h1-10,19-20H,11-18H2,(H,40,41)(H2,34,35,36). The summed E-state index contributed by atoms with van der Waals surface area (Å²) in [6.07, 6.45) is 2.34. The molecule has 3 aromatic carbocycles. The first-order chi connectivity index (χ1) is 21.9. The lowest BCUT2D eigenvalue weighted by molar-refractivity contribution is -0.122. The summed E-state index contributed by atoms with van der Waals surface area (Å²) in [5.41, 5.74) is 9.59. The number of nitrogen functional groups attached to an aromatic ring is 1. The predicted molar refractivity (Wildman–Crippen MR) is 179 cm³/mol. The van der Waals surface area contributed by atoms with Crippen molar-refractivity contribution in [1.29, 1.82) is 0 Å². The summed E-state index contributed by atoms with van der Waals surface area (Å²) in [5, 5.41) is 9.94. The Bertz CT molecular complexity index is 1790. The van der Waals surface area contributed by atoms with Gasteiger partial charge in [0.25, 0.3) is 5.91 Å². The van der Waals surface area contributed by atoms with E-state index in [2.05, 4.69) is 9.88 Å². The summed E-state index contributed by atoms with van der Waals surface area (Å²) in [6.45, 7) is 4.76. The van der Waals surface area contributed by atoms with Crippen LogP contribution < -0.4 is 10.5 Å². The van der Waals surface area contributed by atoms with E-state index >= 15 is 0 Å². The lowest BCUT2D eigenvalue weighted by atomic mass is 10.1. The second kappa shape index (κ2) is 13.7. The number of carbonyl (C=O) groups excluding carboxylic acids is 1. The van der Waals surface area contributed by atoms with E-state index < -0.39 is 5.97 Å². The van der Waals surface area contributed by atoms with E-state index in [4.69, 9.17) is 37.5 Å². The van der Waals surface area contributed by atoms with Gasteiger partial charge in [-0.3, -0.25) is 14.6 Å². The molecule has 1 aromatic heterocycles. The highest BCUT2D eigenvalue weighted by Gasteiger charge is 2.32. The third-order valence-electron chi connectivity index (χ3n) is 7.65. The van der Waals surface area contributed by atoms with Crippen LogP contribution >= 0.6 is 24.0 Å². The number of carboxylic acids is 1. The van der Waals surface area contributed by atoms with Crippen LogP contribution in [0.5, 0.6) is 5.75 Å². The molecule has 45 heavy (non-hydrogen) atoms. The summed E-state index contributed by atoms with van der Waals surface area (Å²) in [4.78, 5) is 38.3. The van der Waals surface area contributed by atoms with E-state index in [1.165, 1.54) is 11.8 Å². The number of aromatic nitrogens is 2. The average Bonchev–Trinajstić information content (AvgIpc) is 3.32. The van der Waals surface area contributed by atoms with Crippen molar-refractivity contribution in [2.75, 3.05) is 51.7 Å². The molecular formula is C33H31N5O5S2. The minimum atomic E-state index is -0.979. The lowest BCUT2D eigenvalue weighted by Crippen LogP contribution is -2.38. The lowest BCUT2D eigenvalue weighted by Gasteiger charge is -2.26. The van der Waals surface area contributed by atoms with E-state index in [1.54, 1.807) is 35.2 Å². The number of anilines is 1. The molecular weight excluding hydrogens is 611 g/mol. The number of thiocarbonyl (C=S) groups is 1. The molecule has 0 spiro atoms. The second-order valence-corrected chi connectivity index (χ2v) is 12.3. The maximum atomic E-state index is 13.5. The Morgan fingerprint density at radius 1 is 1.07 bits per heavy atom. The van der Waals surface area contributed by atoms with Gasteiger partial charge in [-0.25, -0.2) is 14.8 Å². The molecule has 0 saturated carbocycles. The van der Waals surface area contributed by atoms with Crippen molar-refractivity contribution in [3.05, 3.63) is 88.3 Å². The number of carboxylic acid groups (broad SMARTS) is 1. The van der Waals surface area contributed by atoms with Gasteiger partial charge >= 0.3 is 5.97 Å². The molecule has 0 atom stereocenters. The molecule has 6 rings (SSSR count). The quantitative estimate of drug-likeness (QED) is 0.184. The van der Waals surface area contributed by atoms with E-state index in [9.17, 15) is 9.59 Å². The molecule has 0 aliphatic carbocycles. The molecule has 1 amide bonds. The van der Waals surface area contributed by atoms with Crippen LogP contribution in [0.1, 0.15) is 21.5 Å². The number of benzene rings is 3. The van der Waals surface area contributed by atoms with Gasteiger partial charge in [0.2, 0.25) is 0 Å². The largest absolute Gasteiger partial charge is 0.492 e. The summed E-state index contributed by atoms with van der Waals surface area (Å²) < 4.78 is 12.2. The number of ether oxygens (including phenoxy) is 2. The predicted octanol–water partition coefficient (Wildman–Crippen LogP) is 4.73. The fourth-order valence-corrected chi connectivity index (χ4v) is 6.46. The first kappa shape index (κ1) is 30.7. The van der Waals surface area contributed by atoms with Crippen LogP contribution in [0.25, 0.3) is 28.4 Å². The molecule has 2 fully saturated rings. The molecule has 3 N–H and O–H groups in total. The zero-order valence-corrected chi connectivity index (χ0v) is 26.0. The topological polar surface area (TPSA) is 131 Å². The number of carbonyl (C=O) groups is 2. The summed E-state index contributed by atoms with van der Waals surface area (Å²) >= 11 is 6.83. The third kappa shape index (κ3) is 7.15. The van der Waals surface area contributed by atoms with Crippen LogP contribution in [-0.2, 0) is 16.0 Å². The van der Waals surface area contributed by atoms with Crippen molar-refractivity contribution in [3.8, 4) is 17.1 Å². The number of nitrogens with two attached hydrogens (primary N) is 1. The van der Waals surface area contributed by atoms with Gasteiger partial charge < -0.3 is 20.3 Å². The number of rotatable bonds is 10. The van der Waals surface area contributed by atoms with Gasteiger partial charge in [0.1, 0.15) is 22.5 Å². The fraction of sp³-hybridized carbons (Fsp3) is 0.242. The maximum Gasteiger partial charge on any atom is 0.335 e. The van der Waals surface area contributed by atoms with Gasteiger partial charge in [0.05, 0.1) is 29.2 Å². The minimum absolute atomic E-state index is 0.192. The normalized spacial score (nSPS) is 16.5. The number of para-hydroxylation sites is 1. The van der Waals surface area contributed by atoms with Crippen molar-refractivity contribution in [2.45, 2.75) is 6.42 Å². The number of amides is 1. The number of aromatic carboxylic acids is 1. The average molecular weight is 642 g/mol. The van der Waals surface area contributed by atoms with Gasteiger partial charge in [0.15, 0.2) is 5.82 Å². The number of fused-ring (bicyclic) bond motifs is 1. The molecule has 230 valence electrons. The van der Waals surface area contributed by atoms with Gasteiger partial charge in [-0.15, -0.1) is 0 Å². The van der Waals surface area contributed by atoms with E-state index in [1.807, 2.05) is 42.5 Å². The molecule has 0 radical (unpaired) electrons. The zero-order valence-electron chi connectivity index (χ0n) is 24.3. The highest BCUT2D eigenvalue weighted by molar-refractivity contribution is 8.26. The molecule has 2 aliphatic heterocycles. The molecule has 4 aromatic rings. The third-order valence-corrected chi connectivity index (χ3v) is 9.03. The molecule has 0 bridgehead atoms. The van der Waals surface area contributed by atoms with Crippen molar-refractivity contribution >= 4 is 63.0 Å². The summed E-state index contributed by atoms with van der Waals surface area (Å²) in [7, 11) is 0. The molecule has 12 heteroatoms. The van der Waals surface area contributed by atoms with Crippen molar-refractivity contribution < 1.29 is 24.2 Å². The minimum Gasteiger partial charge on any atom is -0.492 e. The first-order valence-corrected chi connectivity index (χ1v) is 15.8. The van der Waals surface area contributed by atoms with Crippen LogP contribution in [0.15, 0.2) is 71.6 Å². The Morgan fingerprint density at radius 3 is 2.62 bits per heavy atom. The summed E-state index contributed by atoms with van der Waals surface area (Å²) in [6, 6.07) is 19.9. The Kier molecular flexibility index (Phi) is 9.36. The molecule has 10 nitrogen and oxygen atoms in total. The Morgan fingerprint density at radius 2 is 1.84 bits per heavy atom. The number of hydrogen-bond donors (Lipinski definition) is 2. The van der Waals surface area contributed by atoms with Crippen LogP contribution in [0.2, 0.25) is 0 Å². The van der Waals surface area contributed by atoms with E-state index in [-0.39, 0.29) is 11.5 Å². The van der Waals surface area contributed by atoms with E-state index in [0.29, 0.717) is 65.0 Å². The van der Waals surface area contributed by atoms with Gasteiger partial charge in [-0.2, -0.15) is 0 Å². The molecule has 0 unspecified atom stereocenters. The monoisotopic (exact) mass is 641 g/mol. The van der Waals surface area contributed by atoms with Crippen LogP contribution in [0.3, 0.4) is 0 Å². The highest BCUT2D eigenvalue weighted by atomic mass is 32.2. The Labute approximate surface area is 269 Å². The smallest absolute Gasteiger partial charge is 0.335 e. The Hall–Kier alpha value is -4.36. The molecule has 3 heterocycles. The molecule has 2 aliphatic rings. The van der Waals surface area contributed by atoms with Gasteiger partial charge in [-0.05, 0) is 60.5 Å². The highest BCUT2D eigenvalue weighted by Crippen LogP contribution is 2.36. The van der Waals surface area contributed by atoms with Crippen molar-refractivity contribution in [1.82, 2.24) is 19.8 Å². The summed E-state index contributed by atoms with van der Waals surface area (Å²) in [5.74, 6) is 0.323.